The van der Waals surface area contributed by atoms with Gasteiger partial charge in [0.15, 0.2) is 0 Å². The minimum absolute atomic E-state index is 0.983. The van der Waals surface area contributed by atoms with Crippen LogP contribution in [0.4, 0.5) is 0 Å². The summed E-state index contributed by atoms with van der Waals surface area (Å²) in [5, 5.41) is 0. The van der Waals surface area contributed by atoms with E-state index in [0.717, 1.165) is 5.92 Å². The molecule has 0 radical (unpaired) electrons. The molecule has 1 rings (SSSR count). The summed E-state index contributed by atoms with van der Waals surface area (Å²) in [6.45, 7) is 3.75. The number of allylic oxidation sites excluding steroid dienone is 1. The van der Waals surface area contributed by atoms with E-state index in [2.05, 4.69) is 18.4 Å². The summed E-state index contributed by atoms with van der Waals surface area (Å²) in [6, 6.07) is 0. The molecule has 1 heteroatoms. The molecular weight excluding hydrogens is 134 g/mol. The highest BCUT2D eigenvalue weighted by Gasteiger charge is 2.10. The molecule has 0 spiro atoms. The van der Waals surface area contributed by atoms with Crippen molar-refractivity contribution >= 4 is 0 Å². The zero-order chi connectivity index (χ0) is 8.53. The normalized spacial score (nSPS) is 18.4. The van der Waals surface area contributed by atoms with Crippen molar-refractivity contribution in [3.63, 3.8) is 0 Å². The van der Waals surface area contributed by atoms with Crippen LogP contribution in [0.2, 0.25) is 0 Å². The fraction of sp³-hybridized carbons (Fsp3) is 0.800. The largest absolute Gasteiger partial charge is 0.333 e. The zero-order valence-electron chi connectivity index (χ0n) is 7.68. The standard InChI is InChI=1S/C9H16.CH5N/c1-2-6-9-7-4-3-5-8-9;1-2/h2,9H,1,3-8H2;2H2,1H3. The first-order valence-electron chi connectivity index (χ1n) is 4.62. The van der Waals surface area contributed by atoms with Gasteiger partial charge in [-0.2, -0.15) is 0 Å². The summed E-state index contributed by atoms with van der Waals surface area (Å²) in [5.41, 5.74) is 4.50. The van der Waals surface area contributed by atoms with E-state index in [4.69, 9.17) is 0 Å². The van der Waals surface area contributed by atoms with Gasteiger partial charge in [0.05, 0.1) is 0 Å². The summed E-state index contributed by atoms with van der Waals surface area (Å²) < 4.78 is 0. The van der Waals surface area contributed by atoms with Gasteiger partial charge >= 0.3 is 0 Å². The third kappa shape index (κ3) is 5.02. The van der Waals surface area contributed by atoms with Crippen LogP contribution < -0.4 is 5.73 Å². The molecule has 0 heterocycles. The third-order valence-electron chi connectivity index (χ3n) is 2.22. The van der Waals surface area contributed by atoms with Crippen LogP contribution in [0.5, 0.6) is 0 Å². The van der Waals surface area contributed by atoms with Crippen molar-refractivity contribution < 1.29 is 0 Å². The minimum atomic E-state index is 0.983. The van der Waals surface area contributed by atoms with Crippen LogP contribution in [0.25, 0.3) is 0 Å². The summed E-state index contributed by atoms with van der Waals surface area (Å²) in [7, 11) is 1.50. The minimum Gasteiger partial charge on any atom is -0.333 e. The van der Waals surface area contributed by atoms with Crippen molar-refractivity contribution in [2.45, 2.75) is 38.5 Å². The van der Waals surface area contributed by atoms with Crippen molar-refractivity contribution in [3.05, 3.63) is 12.7 Å². The van der Waals surface area contributed by atoms with Crippen molar-refractivity contribution in [1.82, 2.24) is 0 Å². The van der Waals surface area contributed by atoms with Crippen LogP contribution in [0, 0.1) is 5.92 Å². The smallest absolute Gasteiger partial charge is 0.0195 e. The van der Waals surface area contributed by atoms with E-state index < -0.39 is 0 Å². The highest BCUT2D eigenvalue weighted by molar-refractivity contribution is 4.75. The van der Waals surface area contributed by atoms with Crippen molar-refractivity contribution in [2.75, 3.05) is 7.05 Å². The summed E-state index contributed by atoms with van der Waals surface area (Å²) >= 11 is 0. The molecule has 66 valence electrons. The lowest BCUT2D eigenvalue weighted by Crippen LogP contribution is -2.04. The van der Waals surface area contributed by atoms with Gasteiger partial charge in [0, 0.05) is 0 Å². The van der Waals surface area contributed by atoms with E-state index in [9.17, 15) is 0 Å². The molecule has 0 aromatic rings. The van der Waals surface area contributed by atoms with Gasteiger partial charge in [0.25, 0.3) is 0 Å². The Labute approximate surface area is 70.7 Å². The molecule has 11 heavy (non-hydrogen) atoms. The first kappa shape index (κ1) is 10.7. The Hall–Kier alpha value is -0.300. The molecule has 0 aromatic heterocycles. The highest BCUT2D eigenvalue weighted by Crippen LogP contribution is 2.25. The fourth-order valence-corrected chi connectivity index (χ4v) is 1.66. The lowest BCUT2D eigenvalue weighted by Gasteiger charge is -2.19. The van der Waals surface area contributed by atoms with Crippen LogP contribution in [0.1, 0.15) is 38.5 Å². The van der Waals surface area contributed by atoms with Gasteiger partial charge < -0.3 is 5.73 Å². The van der Waals surface area contributed by atoms with E-state index >= 15 is 0 Å². The first-order chi connectivity index (χ1) is 5.43. The van der Waals surface area contributed by atoms with E-state index in [1.807, 2.05) is 0 Å². The number of nitrogens with two attached hydrogens (primary N) is 1. The SMILES string of the molecule is C=CCC1CCCCC1.CN. The lowest BCUT2D eigenvalue weighted by molar-refractivity contribution is 0.361. The molecule has 0 atom stereocenters. The van der Waals surface area contributed by atoms with Crippen LogP contribution in [-0.4, -0.2) is 7.05 Å². The Morgan fingerprint density at radius 3 is 2.27 bits per heavy atom. The molecule has 1 aliphatic rings. The fourth-order valence-electron chi connectivity index (χ4n) is 1.66. The second kappa shape index (κ2) is 7.80. The Kier molecular flexibility index (Phi) is 7.59. The molecule has 1 saturated carbocycles. The Morgan fingerprint density at radius 2 is 1.82 bits per heavy atom. The Bertz CT molecular complexity index is 82.9. The average molecular weight is 155 g/mol. The maximum atomic E-state index is 4.50. The van der Waals surface area contributed by atoms with Gasteiger partial charge in [-0.3, -0.25) is 0 Å². The van der Waals surface area contributed by atoms with Crippen molar-refractivity contribution in [2.24, 2.45) is 11.7 Å². The molecule has 1 aliphatic carbocycles. The Morgan fingerprint density at radius 1 is 1.27 bits per heavy atom. The van der Waals surface area contributed by atoms with Crippen LogP contribution in [-0.2, 0) is 0 Å². The van der Waals surface area contributed by atoms with Gasteiger partial charge in [-0.15, -0.1) is 6.58 Å². The van der Waals surface area contributed by atoms with Gasteiger partial charge in [0.2, 0.25) is 0 Å². The maximum Gasteiger partial charge on any atom is -0.0195 e. The molecule has 0 aromatic carbocycles. The monoisotopic (exact) mass is 155 g/mol. The maximum absolute atomic E-state index is 4.50. The van der Waals surface area contributed by atoms with Gasteiger partial charge in [-0.25, -0.2) is 0 Å². The van der Waals surface area contributed by atoms with Crippen LogP contribution in [0.15, 0.2) is 12.7 Å². The van der Waals surface area contributed by atoms with Crippen molar-refractivity contribution in [3.8, 4) is 0 Å². The molecule has 1 nitrogen and oxygen atoms in total. The van der Waals surface area contributed by atoms with Crippen LogP contribution >= 0.6 is 0 Å². The molecule has 0 amide bonds. The predicted octanol–water partition coefficient (Wildman–Crippen LogP) is 2.72. The molecule has 0 aliphatic heterocycles. The van der Waals surface area contributed by atoms with Crippen LogP contribution in [0.3, 0.4) is 0 Å². The third-order valence-corrected chi connectivity index (χ3v) is 2.22. The van der Waals surface area contributed by atoms with Crippen molar-refractivity contribution in [1.29, 1.82) is 0 Å². The van der Waals surface area contributed by atoms with E-state index in [1.54, 1.807) is 0 Å². The van der Waals surface area contributed by atoms with E-state index in [-0.39, 0.29) is 0 Å². The molecular formula is C10H21N. The molecule has 0 unspecified atom stereocenters. The summed E-state index contributed by atoms with van der Waals surface area (Å²) in [4.78, 5) is 0. The summed E-state index contributed by atoms with van der Waals surface area (Å²) in [5.74, 6) is 0.983. The van der Waals surface area contributed by atoms with Gasteiger partial charge in [-0.05, 0) is 19.4 Å². The van der Waals surface area contributed by atoms with Gasteiger partial charge in [0.1, 0.15) is 0 Å². The number of hydrogen-bond donors (Lipinski definition) is 1. The van der Waals surface area contributed by atoms with Gasteiger partial charge in [-0.1, -0.05) is 38.2 Å². The lowest BCUT2D eigenvalue weighted by atomic mass is 9.87. The average Bonchev–Trinajstić information content (AvgIpc) is 2.11. The predicted molar refractivity (Wildman–Crippen MR) is 51.5 cm³/mol. The highest BCUT2D eigenvalue weighted by atomic mass is 14.4. The Balaban J connectivity index is 0.000000461. The summed E-state index contributed by atoms with van der Waals surface area (Å²) in [6.07, 6.45) is 10.6. The molecule has 1 fully saturated rings. The topological polar surface area (TPSA) is 26.0 Å². The molecule has 0 saturated heterocycles. The van der Waals surface area contributed by atoms with E-state index in [1.165, 1.54) is 45.6 Å². The molecule has 2 N–H and O–H groups in total. The zero-order valence-corrected chi connectivity index (χ0v) is 7.68. The number of rotatable bonds is 2. The first-order valence-corrected chi connectivity index (χ1v) is 4.62. The second-order valence-corrected chi connectivity index (χ2v) is 3.03. The number of hydrogen-bond acceptors (Lipinski definition) is 1. The van der Waals surface area contributed by atoms with E-state index in [0.29, 0.717) is 0 Å². The second-order valence-electron chi connectivity index (χ2n) is 3.03. The quantitative estimate of drug-likeness (QED) is 0.610. The molecule has 0 bridgehead atoms.